The number of methoxy groups -OCH3 is 1. The molecular weight excluding hydrogens is 332 g/mol. The summed E-state index contributed by atoms with van der Waals surface area (Å²) in [5.41, 5.74) is 7.70. The van der Waals surface area contributed by atoms with Gasteiger partial charge < -0.3 is 19.9 Å². The van der Waals surface area contributed by atoms with Crippen LogP contribution in [0, 0.1) is 0 Å². The molecule has 1 saturated heterocycles. The Morgan fingerprint density at radius 1 is 1.19 bits per heavy atom. The summed E-state index contributed by atoms with van der Waals surface area (Å²) in [6, 6.07) is 8.15. The van der Waals surface area contributed by atoms with Gasteiger partial charge in [0.05, 0.1) is 6.10 Å². The van der Waals surface area contributed by atoms with Gasteiger partial charge in [0.25, 0.3) is 0 Å². The van der Waals surface area contributed by atoms with Gasteiger partial charge in [-0.1, -0.05) is 12.1 Å². The molecule has 2 unspecified atom stereocenters. The van der Waals surface area contributed by atoms with Crippen molar-refractivity contribution < 1.29 is 19.0 Å². The Balaban J connectivity index is 1.56. The van der Waals surface area contributed by atoms with Crippen molar-refractivity contribution in [2.75, 3.05) is 25.2 Å². The fourth-order valence-corrected chi connectivity index (χ4v) is 3.93. The van der Waals surface area contributed by atoms with Gasteiger partial charge in [-0.05, 0) is 69.2 Å². The number of carbonyl (C=O) groups is 1. The number of rotatable bonds is 7. The third-order valence-electron chi connectivity index (χ3n) is 5.47. The van der Waals surface area contributed by atoms with E-state index in [9.17, 15) is 4.79 Å². The highest BCUT2D eigenvalue weighted by Gasteiger charge is 2.40. The molecule has 6 nitrogen and oxygen atoms in total. The molecule has 3 rings (SSSR count). The maximum absolute atomic E-state index is 12.1. The van der Waals surface area contributed by atoms with E-state index >= 15 is 0 Å². The van der Waals surface area contributed by atoms with Crippen LogP contribution in [-0.2, 0) is 14.2 Å². The van der Waals surface area contributed by atoms with Gasteiger partial charge in [-0.25, -0.2) is 4.79 Å². The first-order chi connectivity index (χ1) is 12.6. The van der Waals surface area contributed by atoms with Crippen LogP contribution in [0.1, 0.15) is 50.5 Å². The van der Waals surface area contributed by atoms with Crippen molar-refractivity contribution in [2.45, 2.75) is 63.4 Å². The van der Waals surface area contributed by atoms with Gasteiger partial charge in [-0.3, -0.25) is 4.90 Å². The Morgan fingerprint density at radius 3 is 2.46 bits per heavy atom. The molecule has 2 aliphatic rings. The Bertz CT molecular complexity index is 584. The van der Waals surface area contributed by atoms with E-state index in [4.69, 9.17) is 19.9 Å². The van der Waals surface area contributed by atoms with Crippen molar-refractivity contribution in [2.24, 2.45) is 5.73 Å². The van der Waals surface area contributed by atoms with Gasteiger partial charge in [0.2, 0.25) is 6.29 Å². The van der Waals surface area contributed by atoms with Gasteiger partial charge in [0.1, 0.15) is 6.04 Å². The number of carbonyl (C=O) groups excluding carboxylic acids is 1. The molecule has 0 aromatic heterocycles. The van der Waals surface area contributed by atoms with Gasteiger partial charge >= 0.3 is 6.09 Å². The highest BCUT2D eigenvalue weighted by molar-refractivity contribution is 5.90. The summed E-state index contributed by atoms with van der Waals surface area (Å²) in [5, 5.41) is 0. The van der Waals surface area contributed by atoms with E-state index in [2.05, 4.69) is 12.1 Å². The monoisotopic (exact) mass is 362 g/mol. The number of ether oxygens (including phenoxy) is 3. The number of nitrogens with two attached hydrogens (primary N) is 1. The van der Waals surface area contributed by atoms with Crippen LogP contribution in [0.5, 0.6) is 0 Å². The van der Waals surface area contributed by atoms with Crippen LogP contribution in [0.4, 0.5) is 10.5 Å². The van der Waals surface area contributed by atoms with Crippen LogP contribution in [0.25, 0.3) is 0 Å². The van der Waals surface area contributed by atoms with Crippen LogP contribution in [0.2, 0.25) is 0 Å². The Labute approximate surface area is 155 Å². The van der Waals surface area contributed by atoms with Crippen LogP contribution >= 0.6 is 0 Å². The molecule has 1 aliphatic carbocycles. The third kappa shape index (κ3) is 4.19. The van der Waals surface area contributed by atoms with Gasteiger partial charge in [-0.15, -0.1) is 0 Å². The van der Waals surface area contributed by atoms with E-state index in [1.807, 2.05) is 19.1 Å². The molecule has 0 spiro atoms. The lowest BCUT2D eigenvalue weighted by Gasteiger charge is -2.29. The molecule has 2 fully saturated rings. The molecule has 2 atom stereocenters. The maximum atomic E-state index is 12.1. The molecule has 6 heteroatoms. The number of benzene rings is 1. The molecule has 1 saturated carbocycles. The first kappa shape index (κ1) is 19.1. The average Bonchev–Trinajstić information content (AvgIpc) is 2.96. The van der Waals surface area contributed by atoms with Gasteiger partial charge in [0, 0.05) is 19.4 Å². The Morgan fingerprint density at radius 2 is 1.88 bits per heavy atom. The zero-order valence-corrected chi connectivity index (χ0v) is 15.7. The first-order valence-electron chi connectivity index (χ1n) is 9.58. The van der Waals surface area contributed by atoms with Crippen molar-refractivity contribution >= 4 is 11.8 Å². The lowest BCUT2D eigenvalue weighted by atomic mass is 9.82. The lowest BCUT2D eigenvalue weighted by molar-refractivity contribution is -0.0640. The predicted octanol–water partition coefficient (Wildman–Crippen LogP) is 3.40. The number of cyclic esters (lactones) is 1. The summed E-state index contributed by atoms with van der Waals surface area (Å²) in [5.74, 6) is 0.563. The molecule has 0 bridgehead atoms. The standard InChI is InChI=1S/C20H30N2O4/c1-14-19(24-2)26-20(23)22(14)17-8-4-15(5-9-17)16-6-10-18(11-7-16)25-13-3-12-21/h4-5,8-9,14,16,18-19H,3,6-7,10-13,21H2,1-2H3. The second-order valence-electron chi connectivity index (χ2n) is 7.18. The van der Waals surface area contributed by atoms with E-state index in [0.29, 0.717) is 18.6 Å². The summed E-state index contributed by atoms with van der Waals surface area (Å²) in [7, 11) is 1.55. The van der Waals surface area contributed by atoms with E-state index < -0.39 is 6.29 Å². The Hall–Kier alpha value is -1.63. The predicted molar refractivity (Wildman–Crippen MR) is 100 cm³/mol. The topological polar surface area (TPSA) is 74.0 Å². The van der Waals surface area contributed by atoms with Crippen molar-refractivity contribution in [3.8, 4) is 0 Å². The fourth-order valence-electron chi connectivity index (χ4n) is 3.93. The first-order valence-corrected chi connectivity index (χ1v) is 9.58. The smallest absolute Gasteiger partial charge is 0.417 e. The SMILES string of the molecule is COC1OC(=O)N(c2ccc(C3CCC(OCCCN)CC3)cc2)C1C. The molecule has 144 valence electrons. The van der Waals surface area contributed by atoms with Crippen LogP contribution < -0.4 is 10.6 Å². The quantitative estimate of drug-likeness (QED) is 0.753. The summed E-state index contributed by atoms with van der Waals surface area (Å²) >= 11 is 0. The summed E-state index contributed by atoms with van der Waals surface area (Å²) in [6.07, 6.45) is 4.92. The van der Waals surface area contributed by atoms with Crippen molar-refractivity contribution in [1.82, 2.24) is 0 Å². The minimum atomic E-state index is -0.517. The van der Waals surface area contributed by atoms with Crippen LogP contribution in [0.15, 0.2) is 24.3 Å². The highest BCUT2D eigenvalue weighted by Crippen LogP contribution is 2.35. The molecule has 1 aromatic carbocycles. The number of hydrogen-bond acceptors (Lipinski definition) is 5. The second-order valence-corrected chi connectivity index (χ2v) is 7.18. The molecule has 2 N–H and O–H groups in total. The van der Waals surface area contributed by atoms with E-state index in [-0.39, 0.29) is 12.1 Å². The normalized spacial score (nSPS) is 29.0. The molecule has 1 amide bonds. The van der Waals surface area contributed by atoms with E-state index in [0.717, 1.165) is 44.4 Å². The van der Waals surface area contributed by atoms with Gasteiger partial charge in [-0.2, -0.15) is 0 Å². The Kier molecular flexibility index (Phi) is 6.51. The summed E-state index contributed by atoms with van der Waals surface area (Å²) in [4.78, 5) is 13.7. The molecule has 26 heavy (non-hydrogen) atoms. The molecular formula is C20H30N2O4. The highest BCUT2D eigenvalue weighted by atomic mass is 16.7. The zero-order valence-electron chi connectivity index (χ0n) is 15.7. The van der Waals surface area contributed by atoms with Crippen LogP contribution in [-0.4, -0.2) is 44.8 Å². The maximum Gasteiger partial charge on any atom is 0.417 e. The largest absolute Gasteiger partial charge is 0.417 e. The average molecular weight is 362 g/mol. The number of anilines is 1. The molecule has 1 aromatic rings. The zero-order chi connectivity index (χ0) is 18.5. The molecule has 1 heterocycles. The third-order valence-corrected chi connectivity index (χ3v) is 5.47. The minimum absolute atomic E-state index is 0.139. The molecule has 1 aliphatic heterocycles. The lowest BCUT2D eigenvalue weighted by Crippen LogP contribution is -2.34. The van der Waals surface area contributed by atoms with Gasteiger partial charge in [0.15, 0.2) is 0 Å². The van der Waals surface area contributed by atoms with E-state index in [1.165, 1.54) is 5.56 Å². The van der Waals surface area contributed by atoms with Crippen molar-refractivity contribution in [3.05, 3.63) is 29.8 Å². The summed E-state index contributed by atoms with van der Waals surface area (Å²) in [6.45, 7) is 3.39. The number of nitrogens with zero attached hydrogens (tertiary/aromatic N) is 1. The van der Waals surface area contributed by atoms with E-state index in [1.54, 1.807) is 12.0 Å². The van der Waals surface area contributed by atoms with Crippen molar-refractivity contribution in [3.63, 3.8) is 0 Å². The number of hydrogen-bond donors (Lipinski definition) is 1. The van der Waals surface area contributed by atoms with Crippen LogP contribution in [0.3, 0.4) is 0 Å². The number of amides is 1. The second kappa shape index (κ2) is 8.84. The van der Waals surface area contributed by atoms with Crippen molar-refractivity contribution in [1.29, 1.82) is 0 Å². The fraction of sp³-hybridized carbons (Fsp3) is 0.650. The minimum Gasteiger partial charge on any atom is -0.417 e. The summed E-state index contributed by atoms with van der Waals surface area (Å²) < 4.78 is 16.3. The molecule has 0 radical (unpaired) electrons.